The highest BCUT2D eigenvalue weighted by molar-refractivity contribution is 6.42. The standard InChI is InChI=1S/C7H4Cl3NO3.C2H3N3/c8-3-1-4(9)7(11-6(3)10)14-2-5(12)13;1-2-4-5-3-1/h1H,2H2,(H,12,13);1-2H,(H,3,4,5). The van der Waals surface area contributed by atoms with E-state index in [0.29, 0.717) is 0 Å². The number of carboxylic acid groups (broad SMARTS) is 1. The van der Waals surface area contributed by atoms with Crippen LogP contribution in [-0.4, -0.2) is 38.1 Å². The van der Waals surface area contributed by atoms with Crippen LogP contribution in [0.4, 0.5) is 0 Å². The predicted octanol–water partition coefficient (Wildman–Crippen LogP) is 2.31. The molecule has 2 heterocycles. The van der Waals surface area contributed by atoms with Gasteiger partial charge in [-0.3, -0.25) is 0 Å². The first-order valence-electron chi connectivity index (χ1n) is 4.66. The van der Waals surface area contributed by atoms with Crippen molar-refractivity contribution in [1.82, 2.24) is 20.4 Å². The number of hydrogen-bond donors (Lipinski definition) is 2. The number of halogens is 3. The van der Waals surface area contributed by atoms with Gasteiger partial charge in [-0.25, -0.2) is 4.79 Å². The molecule has 2 aromatic rings. The van der Waals surface area contributed by atoms with Gasteiger partial charge in [0.15, 0.2) is 11.8 Å². The van der Waals surface area contributed by atoms with E-state index in [4.69, 9.17) is 44.6 Å². The van der Waals surface area contributed by atoms with Crippen molar-refractivity contribution in [3.63, 3.8) is 0 Å². The number of carbonyl (C=O) groups is 1. The third-order valence-electron chi connectivity index (χ3n) is 1.52. The molecule has 10 heteroatoms. The van der Waals surface area contributed by atoms with E-state index in [1.165, 1.54) is 6.07 Å². The van der Waals surface area contributed by atoms with E-state index in [1.807, 2.05) is 0 Å². The van der Waals surface area contributed by atoms with Crippen LogP contribution in [0.25, 0.3) is 0 Å². The molecule has 7 nitrogen and oxygen atoms in total. The number of hydrogen-bond acceptors (Lipinski definition) is 5. The molecule has 2 rings (SSSR count). The third-order valence-corrected chi connectivity index (χ3v) is 2.46. The summed E-state index contributed by atoms with van der Waals surface area (Å²) < 4.78 is 4.75. The number of H-pyrrole nitrogens is 1. The molecule has 2 N–H and O–H groups in total. The van der Waals surface area contributed by atoms with E-state index in [1.54, 1.807) is 12.4 Å². The monoisotopic (exact) mass is 324 g/mol. The number of nitrogens with one attached hydrogen (secondary N) is 1. The zero-order valence-corrected chi connectivity index (χ0v) is 11.4. The number of aliphatic carboxylic acids is 1. The Hall–Kier alpha value is -1.57. The summed E-state index contributed by atoms with van der Waals surface area (Å²) in [5, 5.41) is 18.0. The zero-order chi connectivity index (χ0) is 14.3. The van der Waals surface area contributed by atoms with Gasteiger partial charge < -0.3 is 9.84 Å². The van der Waals surface area contributed by atoms with Crippen LogP contribution in [0.5, 0.6) is 5.88 Å². The molecule has 0 saturated heterocycles. The average molecular weight is 326 g/mol. The molecule has 0 spiro atoms. The number of aromatic amines is 1. The minimum absolute atomic E-state index is 0.0106. The number of carboxylic acids is 1. The second-order valence-corrected chi connectivity index (χ2v) is 4.06. The fourth-order valence-corrected chi connectivity index (χ4v) is 1.37. The quantitative estimate of drug-likeness (QED) is 0.840. The molecule has 0 saturated carbocycles. The molecule has 0 amide bonds. The smallest absolute Gasteiger partial charge is 0.341 e. The van der Waals surface area contributed by atoms with Crippen LogP contribution in [0.15, 0.2) is 18.5 Å². The lowest BCUT2D eigenvalue weighted by Gasteiger charge is -2.05. The van der Waals surface area contributed by atoms with Crippen molar-refractivity contribution >= 4 is 40.8 Å². The number of nitrogens with zero attached hydrogens (tertiary/aromatic N) is 3. The normalized spacial score (nSPS) is 9.42. The number of pyridine rings is 1. The van der Waals surface area contributed by atoms with E-state index >= 15 is 0 Å². The highest BCUT2D eigenvalue weighted by Gasteiger charge is 2.10. The van der Waals surface area contributed by atoms with E-state index < -0.39 is 12.6 Å². The highest BCUT2D eigenvalue weighted by atomic mass is 35.5. The molecule has 0 atom stereocenters. The Labute approximate surface area is 122 Å². The topological polar surface area (TPSA) is 101 Å². The number of rotatable bonds is 3. The molecule has 0 aliphatic heterocycles. The van der Waals surface area contributed by atoms with Gasteiger partial charge in [0.25, 0.3) is 0 Å². The first kappa shape index (κ1) is 15.5. The molecule has 0 aliphatic carbocycles. The van der Waals surface area contributed by atoms with Gasteiger partial charge >= 0.3 is 5.97 Å². The van der Waals surface area contributed by atoms with Gasteiger partial charge in [-0.2, -0.15) is 20.4 Å². The Balaban J connectivity index is 0.000000300. The first-order chi connectivity index (χ1) is 9.00. The molecule has 0 aliphatic rings. The molecule has 0 aromatic carbocycles. The van der Waals surface area contributed by atoms with Crippen molar-refractivity contribution in [2.24, 2.45) is 0 Å². The second-order valence-electron chi connectivity index (χ2n) is 2.89. The van der Waals surface area contributed by atoms with Crippen molar-refractivity contribution < 1.29 is 14.6 Å². The van der Waals surface area contributed by atoms with Crippen molar-refractivity contribution in [2.45, 2.75) is 0 Å². The summed E-state index contributed by atoms with van der Waals surface area (Å²) in [5.41, 5.74) is 0. The highest BCUT2D eigenvalue weighted by Crippen LogP contribution is 2.30. The predicted molar refractivity (Wildman–Crippen MR) is 68.8 cm³/mol. The van der Waals surface area contributed by atoms with Crippen LogP contribution >= 0.6 is 34.8 Å². The van der Waals surface area contributed by atoms with Crippen LogP contribution in [0.1, 0.15) is 0 Å². The molecular weight excluding hydrogens is 318 g/mol. The lowest BCUT2D eigenvalue weighted by Crippen LogP contribution is -2.10. The third kappa shape index (κ3) is 5.73. The summed E-state index contributed by atoms with van der Waals surface area (Å²) in [6, 6.07) is 1.33. The molecule has 0 radical (unpaired) electrons. The molecule has 2 aromatic heterocycles. The lowest BCUT2D eigenvalue weighted by atomic mass is 10.5. The Morgan fingerprint density at radius 3 is 2.37 bits per heavy atom. The van der Waals surface area contributed by atoms with Gasteiger partial charge in [-0.05, 0) is 6.07 Å². The summed E-state index contributed by atoms with van der Waals surface area (Å²) in [6.45, 7) is -0.537. The van der Waals surface area contributed by atoms with Crippen molar-refractivity contribution in [3.8, 4) is 5.88 Å². The summed E-state index contributed by atoms with van der Waals surface area (Å²) in [6.07, 6.45) is 3.17. The minimum Gasteiger partial charge on any atom is -0.479 e. The van der Waals surface area contributed by atoms with Crippen molar-refractivity contribution in [3.05, 3.63) is 33.7 Å². The molecule has 0 bridgehead atoms. The average Bonchev–Trinajstić information content (AvgIpc) is 2.91. The van der Waals surface area contributed by atoms with Crippen molar-refractivity contribution in [1.29, 1.82) is 0 Å². The number of aromatic nitrogens is 4. The fraction of sp³-hybridized carbons (Fsp3) is 0.111. The van der Waals surface area contributed by atoms with Gasteiger partial charge in [-0.1, -0.05) is 34.8 Å². The zero-order valence-electron chi connectivity index (χ0n) is 9.18. The lowest BCUT2D eigenvalue weighted by molar-refractivity contribution is -0.139. The van der Waals surface area contributed by atoms with E-state index in [0.717, 1.165) is 0 Å². The van der Waals surface area contributed by atoms with Crippen molar-refractivity contribution in [2.75, 3.05) is 6.61 Å². The van der Waals surface area contributed by atoms with Gasteiger partial charge in [0, 0.05) is 0 Å². The summed E-state index contributed by atoms with van der Waals surface area (Å²) >= 11 is 16.8. The van der Waals surface area contributed by atoms with Crippen LogP contribution in [0, 0.1) is 0 Å². The summed E-state index contributed by atoms with van der Waals surface area (Å²) in [5.74, 6) is -1.18. The maximum absolute atomic E-state index is 10.2. The minimum atomic E-state index is -1.13. The van der Waals surface area contributed by atoms with Crippen LogP contribution in [0.3, 0.4) is 0 Å². The van der Waals surface area contributed by atoms with E-state index in [2.05, 4.69) is 20.4 Å². The van der Waals surface area contributed by atoms with Crippen LogP contribution < -0.4 is 4.74 Å². The SMILES string of the molecule is O=C(O)COc1nc(Cl)c(Cl)cc1Cl.c1cn[nH]n1. The van der Waals surface area contributed by atoms with Gasteiger partial charge in [0.2, 0.25) is 5.88 Å². The molecule has 0 fully saturated rings. The molecular formula is C9H7Cl3N4O3. The maximum Gasteiger partial charge on any atom is 0.341 e. The summed E-state index contributed by atoms with van der Waals surface area (Å²) in [7, 11) is 0. The number of ether oxygens (including phenoxy) is 1. The van der Waals surface area contributed by atoms with Gasteiger partial charge in [0.05, 0.1) is 17.4 Å². The second kappa shape index (κ2) is 7.78. The Morgan fingerprint density at radius 1 is 1.26 bits per heavy atom. The van der Waals surface area contributed by atoms with Gasteiger partial charge in [0.1, 0.15) is 5.02 Å². The Bertz CT molecular complexity index is 519. The van der Waals surface area contributed by atoms with Gasteiger partial charge in [-0.15, -0.1) is 0 Å². The Kier molecular flexibility index (Phi) is 6.34. The Morgan fingerprint density at radius 2 is 1.89 bits per heavy atom. The fourth-order valence-electron chi connectivity index (χ4n) is 0.826. The van der Waals surface area contributed by atoms with Crippen LogP contribution in [-0.2, 0) is 4.79 Å². The van der Waals surface area contributed by atoms with Crippen LogP contribution in [0.2, 0.25) is 15.2 Å². The molecule has 0 unspecified atom stereocenters. The van der Waals surface area contributed by atoms with E-state index in [-0.39, 0.29) is 21.1 Å². The molecule has 19 heavy (non-hydrogen) atoms. The first-order valence-corrected chi connectivity index (χ1v) is 5.80. The summed E-state index contributed by atoms with van der Waals surface area (Å²) in [4.78, 5) is 13.8. The van der Waals surface area contributed by atoms with E-state index in [9.17, 15) is 4.79 Å². The largest absolute Gasteiger partial charge is 0.479 e. The maximum atomic E-state index is 10.2. The molecule has 102 valence electrons.